The Morgan fingerprint density at radius 3 is 2.18 bits per heavy atom. The molecule has 5 fully saturated rings. The summed E-state index contributed by atoms with van der Waals surface area (Å²) < 4.78 is 26.8. The summed E-state index contributed by atoms with van der Waals surface area (Å²) in [7, 11) is 6.02. The van der Waals surface area contributed by atoms with Gasteiger partial charge in [-0.05, 0) is 85.8 Å². The molecule has 0 radical (unpaired) electrons. The van der Waals surface area contributed by atoms with E-state index in [4.69, 9.17) is 18.9 Å². The van der Waals surface area contributed by atoms with Crippen molar-refractivity contribution < 1.29 is 18.9 Å². The molecule has 0 spiro atoms. The van der Waals surface area contributed by atoms with E-state index >= 15 is 0 Å². The lowest BCUT2D eigenvalue weighted by molar-refractivity contribution is -0.0885. The molecule has 234 valence electrons. The van der Waals surface area contributed by atoms with Gasteiger partial charge in [-0.15, -0.1) is 0 Å². The Morgan fingerprint density at radius 2 is 1.45 bits per heavy atom. The van der Waals surface area contributed by atoms with E-state index < -0.39 is 11.2 Å². The molecule has 1 aliphatic heterocycles. The van der Waals surface area contributed by atoms with Crippen LogP contribution in [-0.2, 0) is 30.0 Å². The lowest BCUT2D eigenvalue weighted by atomic mass is 9.52. The predicted molar refractivity (Wildman–Crippen MR) is 171 cm³/mol. The molecule has 0 N–H and O–H groups in total. The van der Waals surface area contributed by atoms with E-state index in [2.05, 4.69) is 24.0 Å². The molecule has 4 saturated carbocycles. The van der Waals surface area contributed by atoms with Crippen LogP contribution in [0.3, 0.4) is 0 Å². The second kappa shape index (κ2) is 8.83. The topological polar surface area (TPSA) is 40.2 Å². The maximum Gasteiger partial charge on any atom is 0.125 e. The first-order valence-electron chi connectivity index (χ1n) is 17.9. The minimum absolute atomic E-state index is 0.0304. The fourth-order valence-corrected chi connectivity index (χ4v) is 13.8. The molecule has 1 saturated heterocycles. The van der Waals surface area contributed by atoms with Gasteiger partial charge in [0.15, 0.2) is 0 Å². The number of hydrogen-bond donors (Lipinski definition) is 0. The van der Waals surface area contributed by atoms with Gasteiger partial charge in [-0.1, -0.05) is 43.7 Å². The van der Waals surface area contributed by atoms with Gasteiger partial charge in [-0.25, -0.2) is 0 Å². The average molecular weight is 596 g/mol. The van der Waals surface area contributed by atoms with Crippen LogP contribution in [0.2, 0.25) is 0 Å². The fraction of sp³-hybridized carbons (Fsp3) is 0.692. The number of allylic oxidation sites excluding steroid dienone is 2. The number of rotatable bonds is 4. The first-order valence-corrected chi connectivity index (χ1v) is 17.9. The molecule has 10 rings (SSSR count). The van der Waals surface area contributed by atoms with Crippen molar-refractivity contribution in [1.29, 1.82) is 0 Å². The molecule has 8 aliphatic carbocycles. The quantitative estimate of drug-likeness (QED) is 0.339. The second-order valence-electron chi connectivity index (χ2n) is 15.6. The molecule has 1 heterocycles. The largest absolute Gasteiger partial charge is 0.500 e. The maximum absolute atomic E-state index is 7.23. The van der Waals surface area contributed by atoms with Gasteiger partial charge in [-0.2, -0.15) is 0 Å². The fourth-order valence-electron chi connectivity index (χ4n) is 13.8. The Balaban J connectivity index is 1.32. The Morgan fingerprint density at radius 1 is 0.750 bits per heavy atom. The maximum atomic E-state index is 7.23. The minimum Gasteiger partial charge on any atom is -0.500 e. The summed E-state index contributed by atoms with van der Waals surface area (Å²) in [6, 6.07) is 5.22. The normalized spacial score (nSPS) is 42.8. The van der Waals surface area contributed by atoms with Crippen LogP contribution in [-0.4, -0.2) is 53.2 Å². The molecule has 0 amide bonds. The zero-order chi connectivity index (χ0) is 29.6. The van der Waals surface area contributed by atoms with Crippen LogP contribution in [0.4, 0.5) is 5.69 Å². The molecule has 44 heavy (non-hydrogen) atoms. The number of anilines is 1. The SMILES string of the molecule is COC1=C2C(=C3CCCC[C@H]31)[C@]13CCCCC1[C@@]2(OC)C1=C3[C@]23CCCCC2[C@@]1(OC)c1cc(C)c(N2CCOCC2)cc13. The number of benzene rings is 1. The van der Waals surface area contributed by atoms with Crippen LogP contribution in [0.25, 0.3) is 0 Å². The van der Waals surface area contributed by atoms with E-state index in [1.807, 2.05) is 21.3 Å². The number of fused-ring (bicyclic) bond motifs is 7. The van der Waals surface area contributed by atoms with Gasteiger partial charge in [-0.3, -0.25) is 0 Å². The smallest absolute Gasteiger partial charge is 0.125 e. The van der Waals surface area contributed by atoms with E-state index in [9.17, 15) is 0 Å². The van der Waals surface area contributed by atoms with Gasteiger partial charge in [0, 0.05) is 72.7 Å². The van der Waals surface area contributed by atoms with Gasteiger partial charge in [0.25, 0.3) is 0 Å². The van der Waals surface area contributed by atoms with Gasteiger partial charge in [0.2, 0.25) is 0 Å². The third-order valence-corrected chi connectivity index (χ3v) is 14.7. The highest BCUT2D eigenvalue weighted by atomic mass is 16.5. The molecule has 1 aromatic carbocycles. The van der Waals surface area contributed by atoms with E-state index in [0.717, 1.165) is 26.3 Å². The lowest BCUT2D eigenvalue weighted by Crippen LogP contribution is -2.51. The highest BCUT2D eigenvalue weighted by Crippen LogP contribution is 2.88. The van der Waals surface area contributed by atoms with Crippen molar-refractivity contribution in [2.45, 2.75) is 101 Å². The molecule has 5 heteroatoms. The molecular weight excluding hydrogens is 546 g/mol. The van der Waals surface area contributed by atoms with E-state index in [-0.39, 0.29) is 10.8 Å². The highest BCUT2D eigenvalue weighted by Gasteiger charge is 2.86. The van der Waals surface area contributed by atoms with Gasteiger partial charge < -0.3 is 23.8 Å². The van der Waals surface area contributed by atoms with Crippen LogP contribution >= 0.6 is 0 Å². The summed E-state index contributed by atoms with van der Waals surface area (Å²) >= 11 is 0. The van der Waals surface area contributed by atoms with Crippen LogP contribution in [0.1, 0.15) is 93.7 Å². The average Bonchev–Trinajstić information content (AvgIpc) is 3.78. The summed E-state index contributed by atoms with van der Waals surface area (Å²) in [5.41, 5.74) is 13.3. The molecular formula is C39H49NO4. The Bertz CT molecular complexity index is 1580. The number of ether oxygens (including phenoxy) is 4. The first kappa shape index (κ1) is 27.1. The van der Waals surface area contributed by atoms with Crippen molar-refractivity contribution >= 4 is 5.69 Å². The van der Waals surface area contributed by atoms with Gasteiger partial charge in [0.1, 0.15) is 17.0 Å². The number of methoxy groups -OCH3 is 3. The van der Waals surface area contributed by atoms with E-state index in [0.29, 0.717) is 17.8 Å². The summed E-state index contributed by atoms with van der Waals surface area (Å²) in [5, 5.41) is 0. The van der Waals surface area contributed by atoms with Crippen molar-refractivity contribution in [2.75, 3.05) is 52.5 Å². The number of nitrogens with zero attached hydrogens (tertiary/aromatic N) is 1. The second-order valence-corrected chi connectivity index (χ2v) is 15.6. The summed E-state index contributed by atoms with van der Waals surface area (Å²) in [5.74, 6) is 2.60. The molecule has 5 nitrogen and oxygen atoms in total. The van der Waals surface area contributed by atoms with Gasteiger partial charge >= 0.3 is 0 Å². The third-order valence-electron chi connectivity index (χ3n) is 14.7. The van der Waals surface area contributed by atoms with Crippen LogP contribution < -0.4 is 4.90 Å². The Labute approximate surface area is 263 Å². The molecule has 7 atom stereocenters. The van der Waals surface area contributed by atoms with Crippen LogP contribution in [0.15, 0.2) is 45.8 Å². The van der Waals surface area contributed by atoms with Crippen molar-refractivity contribution in [2.24, 2.45) is 23.2 Å². The number of morpholine rings is 1. The monoisotopic (exact) mass is 595 g/mol. The molecule has 4 bridgehead atoms. The molecule has 2 unspecified atom stereocenters. The van der Waals surface area contributed by atoms with Crippen LogP contribution in [0.5, 0.6) is 0 Å². The third kappa shape index (κ3) is 2.59. The Kier molecular flexibility index (Phi) is 5.43. The molecule has 1 aromatic rings. The molecule has 9 aliphatic rings. The lowest BCUT2D eigenvalue weighted by Gasteiger charge is -2.51. The van der Waals surface area contributed by atoms with Crippen molar-refractivity contribution in [3.05, 3.63) is 62.4 Å². The summed E-state index contributed by atoms with van der Waals surface area (Å²) in [6.45, 7) is 5.92. The predicted octanol–water partition coefficient (Wildman–Crippen LogP) is 7.42. The Hall–Kier alpha value is -2.08. The zero-order valence-corrected chi connectivity index (χ0v) is 27.3. The van der Waals surface area contributed by atoms with Crippen molar-refractivity contribution in [3.8, 4) is 0 Å². The van der Waals surface area contributed by atoms with E-state index in [1.54, 1.807) is 27.9 Å². The van der Waals surface area contributed by atoms with Crippen molar-refractivity contribution in [3.63, 3.8) is 0 Å². The van der Waals surface area contributed by atoms with E-state index in [1.165, 1.54) is 105 Å². The first-order chi connectivity index (χ1) is 21.6. The minimum atomic E-state index is -0.449. The standard InChI is InChI=1S/C39H49NO4/c1-23-21-27-26(22-28(23)40-17-19-44-20-18-40)36-15-9-7-13-29(36)38(27,42-3)35-34(36)37-16-10-8-14-30(37)39(35,43-4)32-31(37)24-11-5-6-12-25(24)33(32)41-2/h21-22,25,29-30H,5-20H2,1-4H3/t25-,29?,30?,36+,37+,38+,39+/m1/s1. The number of aryl methyl sites for hydroxylation is 1. The summed E-state index contributed by atoms with van der Waals surface area (Å²) in [6.07, 6.45) is 15.2. The van der Waals surface area contributed by atoms with Gasteiger partial charge in [0.05, 0.1) is 20.3 Å². The number of hydrogen-bond acceptors (Lipinski definition) is 5. The van der Waals surface area contributed by atoms with Crippen LogP contribution in [0, 0.1) is 30.1 Å². The summed E-state index contributed by atoms with van der Waals surface area (Å²) in [4.78, 5) is 2.59. The highest BCUT2D eigenvalue weighted by molar-refractivity contribution is 5.83. The molecule has 0 aromatic heterocycles. The van der Waals surface area contributed by atoms with Crippen molar-refractivity contribution in [1.82, 2.24) is 0 Å². The zero-order valence-electron chi connectivity index (χ0n) is 27.3.